The molecule has 0 radical (unpaired) electrons. The van der Waals surface area contributed by atoms with Crippen LogP contribution in [0.2, 0.25) is 0 Å². The van der Waals surface area contributed by atoms with Gasteiger partial charge >= 0.3 is 0 Å². The zero-order valence-corrected chi connectivity index (χ0v) is 22.3. The lowest BCUT2D eigenvalue weighted by molar-refractivity contribution is 0.172. The first-order valence-electron chi connectivity index (χ1n) is 13.4. The minimum absolute atomic E-state index is 0.0576. The average molecular weight is 504 g/mol. The average Bonchev–Trinajstić information content (AvgIpc) is 3.21. The van der Waals surface area contributed by atoms with E-state index in [-0.39, 0.29) is 11.2 Å². The van der Waals surface area contributed by atoms with Crippen LogP contribution in [0.15, 0.2) is 67.0 Å². The highest BCUT2D eigenvalue weighted by Gasteiger charge is 2.44. The predicted octanol–water partition coefficient (Wildman–Crippen LogP) is 5.41. The summed E-state index contributed by atoms with van der Waals surface area (Å²) in [5.41, 5.74) is 9.76. The Hall–Kier alpha value is -3.32. The van der Waals surface area contributed by atoms with E-state index in [1.807, 2.05) is 24.3 Å². The van der Waals surface area contributed by atoms with E-state index in [4.69, 9.17) is 10.5 Å². The number of anilines is 2. The maximum absolute atomic E-state index is 10.3. The number of aromatic hydroxyl groups is 1. The van der Waals surface area contributed by atoms with Crippen LogP contribution in [-0.2, 0) is 4.74 Å². The van der Waals surface area contributed by atoms with Gasteiger partial charge in [-0.3, -0.25) is 0 Å². The van der Waals surface area contributed by atoms with Crippen LogP contribution < -0.4 is 10.6 Å². The molecular formula is C30H41N5O2. The molecule has 3 N–H and O–H groups in total. The second-order valence-corrected chi connectivity index (χ2v) is 10.2. The minimum atomic E-state index is 0.0576. The fraction of sp³-hybridized carbons (Fsp3) is 0.467. The molecule has 2 aliphatic rings. The molecule has 2 fully saturated rings. The Morgan fingerprint density at radius 2 is 2.05 bits per heavy atom. The van der Waals surface area contributed by atoms with Crippen molar-refractivity contribution in [2.24, 2.45) is 11.3 Å². The molecular weight excluding hydrogens is 462 g/mol. The maximum atomic E-state index is 10.3. The molecule has 2 aromatic rings. The van der Waals surface area contributed by atoms with Gasteiger partial charge in [-0.2, -0.15) is 0 Å². The number of hydrogen-bond acceptors (Lipinski definition) is 7. The SMILES string of the molecule is C=C/C(=C\C(=C)OCCN(CC)CC)[C@]12CCC(CN(c3cc(-c4ccccc4O)nnc3N)CC1)C2. The number of allylic oxidation sites excluding steroid dienone is 3. The highest BCUT2D eigenvalue weighted by Crippen LogP contribution is 2.52. The molecule has 7 heteroatoms. The third kappa shape index (κ3) is 5.99. The van der Waals surface area contributed by atoms with E-state index in [9.17, 15) is 5.11 Å². The molecule has 2 atom stereocenters. The quantitative estimate of drug-likeness (QED) is 0.313. The zero-order valence-electron chi connectivity index (χ0n) is 22.3. The van der Waals surface area contributed by atoms with Crippen LogP contribution in [0.25, 0.3) is 11.3 Å². The Kier molecular flexibility index (Phi) is 8.54. The van der Waals surface area contributed by atoms with Gasteiger partial charge in [-0.25, -0.2) is 0 Å². The monoisotopic (exact) mass is 503 g/mol. The summed E-state index contributed by atoms with van der Waals surface area (Å²) in [6.45, 7) is 18.0. The van der Waals surface area contributed by atoms with Crippen LogP contribution >= 0.6 is 0 Å². The Morgan fingerprint density at radius 3 is 2.78 bits per heavy atom. The predicted molar refractivity (Wildman–Crippen MR) is 151 cm³/mol. The number of fused-ring (bicyclic) bond motifs is 2. The van der Waals surface area contributed by atoms with Gasteiger partial charge in [0.15, 0.2) is 5.82 Å². The van der Waals surface area contributed by atoms with Crippen LogP contribution in [0.1, 0.15) is 39.5 Å². The number of phenolic OH excluding ortho intramolecular Hbond substituents is 1. The first-order chi connectivity index (χ1) is 17.9. The normalized spacial score (nSPS) is 21.6. The van der Waals surface area contributed by atoms with E-state index in [1.54, 1.807) is 12.1 Å². The van der Waals surface area contributed by atoms with E-state index < -0.39 is 0 Å². The fourth-order valence-corrected chi connectivity index (χ4v) is 5.95. The largest absolute Gasteiger partial charge is 0.507 e. The van der Waals surface area contributed by atoms with E-state index >= 15 is 0 Å². The third-order valence-corrected chi connectivity index (χ3v) is 8.11. The van der Waals surface area contributed by atoms with Gasteiger partial charge in [0.25, 0.3) is 0 Å². The highest BCUT2D eigenvalue weighted by atomic mass is 16.5. The minimum Gasteiger partial charge on any atom is -0.507 e. The van der Waals surface area contributed by atoms with Gasteiger partial charge < -0.3 is 25.4 Å². The van der Waals surface area contributed by atoms with Crippen molar-refractivity contribution < 1.29 is 9.84 Å². The van der Waals surface area contributed by atoms with Crippen molar-refractivity contribution in [2.75, 3.05) is 50.0 Å². The van der Waals surface area contributed by atoms with Gasteiger partial charge in [-0.05, 0) is 80.0 Å². The summed E-state index contributed by atoms with van der Waals surface area (Å²) < 4.78 is 5.98. The molecule has 2 bridgehead atoms. The van der Waals surface area contributed by atoms with Gasteiger partial charge in [0.1, 0.15) is 18.1 Å². The Labute approximate surface area is 221 Å². The molecule has 1 aromatic carbocycles. The first kappa shape index (κ1) is 26.7. The fourth-order valence-electron chi connectivity index (χ4n) is 5.95. The van der Waals surface area contributed by atoms with Crippen molar-refractivity contribution >= 4 is 11.5 Å². The molecule has 198 valence electrons. The molecule has 1 saturated carbocycles. The Morgan fingerprint density at radius 1 is 1.27 bits per heavy atom. The lowest BCUT2D eigenvalue weighted by atomic mass is 9.75. The maximum Gasteiger partial charge on any atom is 0.169 e. The molecule has 37 heavy (non-hydrogen) atoms. The van der Waals surface area contributed by atoms with Crippen LogP contribution in [0.5, 0.6) is 5.75 Å². The molecule has 7 nitrogen and oxygen atoms in total. The molecule has 1 unspecified atom stereocenters. The topological polar surface area (TPSA) is 87.7 Å². The number of ether oxygens (including phenoxy) is 1. The smallest absolute Gasteiger partial charge is 0.169 e. The summed E-state index contributed by atoms with van der Waals surface area (Å²) in [7, 11) is 0. The number of phenols is 1. The number of nitrogens with zero attached hydrogens (tertiary/aromatic N) is 4. The van der Waals surface area contributed by atoms with Crippen LogP contribution in [-0.4, -0.2) is 59.5 Å². The molecule has 0 amide bonds. The van der Waals surface area contributed by atoms with E-state index in [1.165, 1.54) is 5.57 Å². The number of benzene rings is 1. The van der Waals surface area contributed by atoms with Gasteiger partial charge in [0.05, 0.1) is 11.4 Å². The summed E-state index contributed by atoms with van der Waals surface area (Å²) in [5.74, 6) is 1.85. The van der Waals surface area contributed by atoms with Gasteiger partial charge in [-0.15, -0.1) is 10.2 Å². The molecule has 1 aromatic heterocycles. The van der Waals surface area contributed by atoms with E-state index in [0.717, 1.165) is 64.1 Å². The molecule has 1 saturated heterocycles. The molecule has 1 aliphatic heterocycles. The highest BCUT2D eigenvalue weighted by molar-refractivity contribution is 5.74. The van der Waals surface area contributed by atoms with Gasteiger partial charge in [0, 0.05) is 25.2 Å². The number of nitrogen functional groups attached to an aromatic ring is 1. The summed E-state index contributed by atoms with van der Waals surface area (Å²) in [5, 5.41) is 18.8. The lowest BCUT2D eigenvalue weighted by Gasteiger charge is -2.33. The lowest BCUT2D eigenvalue weighted by Crippen LogP contribution is -2.31. The number of hydrogen-bond donors (Lipinski definition) is 2. The summed E-state index contributed by atoms with van der Waals surface area (Å²) in [6.07, 6.45) is 8.49. The Balaban J connectivity index is 1.50. The molecule has 0 spiro atoms. The van der Waals surface area contributed by atoms with Crippen LogP contribution in [0.3, 0.4) is 0 Å². The van der Waals surface area contributed by atoms with Crippen molar-refractivity contribution in [3.63, 3.8) is 0 Å². The number of para-hydroxylation sites is 1. The van der Waals surface area contributed by atoms with Gasteiger partial charge in [-0.1, -0.05) is 45.2 Å². The third-order valence-electron chi connectivity index (χ3n) is 8.11. The second-order valence-electron chi connectivity index (χ2n) is 10.2. The summed E-state index contributed by atoms with van der Waals surface area (Å²) in [6, 6.07) is 9.14. The zero-order chi connectivity index (χ0) is 26.4. The number of aromatic nitrogens is 2. The van der Waals surface area contributed by atoms with Crippen molar-refractivity contribution in [1.82, 2.24) is 15.1 Å². The van der Waals surface area contributed by atoms with Crippen LogP contribution in [0.4, 0.5) is 11.5 Å². The van der Waals surface area contributed by atoms with Crippen LogP contribution in [0, 0.1) is 11.3 Å². The van der Waals surface area contributed by atoms with E-state index in [0.29, 0.717) is 35.4 Å². The first-order valence-corrected chi connectivity index (χ1v) is 13.4. The number of nitrogens with two attached hydrogens (primary N) is 1. The molecule has 2 heterocycles. The number of rotatable bonds is 11. The summed E-state index contributed by atoms with van der Waals surface area (Å²) in [4.78, 5) is 4.69. The molecule has 4 rings (SSSR count). The Bertz CT molecular complexity index is 1140. The molecule has 1 aliphatic carbocycles. The van der Waals surface area contributed by atoms with Crippen molar-refractivity contribution in [3.05, 3.63) is 67.0 Å². The van der Waals surface area contributed by atoms with Gasteiger partial charge in [0.2, 0.25) is 0 Å². The van der Waals surface area contributed by atoms with Crippen molar-refractivity contribution in [1.29, 1.82) is 0 Å². The number of likely N-dealkylation sites (N-methyl/N-ethyl adjacent to an activating group) is 1. The van der Waals surface area contributed by atoms with Crippen molar-refractivity contribution in [3.8, 4) is 17.0 Å². The standard InChI is InChI=1S/C30H41N5O2/c1-5-24(18-22(4)37-17-16-34(6-2)7-3)30-13-12-23(20-30)21-35(15-14-30)27-19-26(32-33-29(27)31)25-10-8-9-11-28(25)36/h5,8-11,18-19,23,36H,1,4,6-7,12-17,20-21H2,2-3H3,(H2,31,33)/b24-18+/t23?,30-/m1/s1. The summed E-state index contributed by atoms with van der Waals surface area (Å²) >= 11 is 0. The van der Waals surface area contributed by atoms with E-state index in [2.05, 4.69) is 53.1 Å². The van der Waals surface area contributed by atoms with Crippen molar-refractivity contribution in [2.45, 2.75) is 39.5 Å². The second kappa shape index (κ2) is 11.8.